The standard InChI is InChI=1S/C33H34ClN3O8/c1-4-43-32(39)30-24(35-33(40)36-31(30)22-8-12-26-28(17-22)45-19-44-26)18-37(29(38)16-20-5-9-23(34)10-6-20)14-13-21-7-11-25(41-2)27(15-21)42-3/h5-12,15,17,31H,4,13-14,16,18-19H2,1-3H3,(H2,35,36,40)/t31-/m0/s1. The number of rotatable bonds is 12. The highest BCUT2D eigenvalue weighted by atomic mass is 35.5. The van der Waals surface area contributed by atoms with Crippen LogP contribution in [0.5, 0.6) is 23.0 Å². The molecule has 45 heavy (non-hydrogen) atoms. The summed E-state index contributed by atoms with van der Waals surface area (Å²) in [6.45, 7) is 2.12. The summed E-state index contributed by atoms with van der Waals surface area (Å²) in [5, 5.41) is 6.16. The number of urea groups is 1. The summed E-state index contributed by atoms with van der Waals surface area (Å²) in [7, 11) is 3.12. The Labute approximate surface area is 266 Å². The molecule has 0 bridgehead atoms. The summed E-state index contributed by atoms with van der Waals surface area (Å²) in [4.78, 5) is 41.9. The maximum absolute atomic E-state index is 13.8. The molecule has 0 aliphatic carbocycles. The lowest BCUT2D eigenvalue weighted by atomic mass is 9.94. The minimum Gasteiger partial charge on any atom is -0.493 e. The number of benzene rings is 3. The van der Waals surface area contributed by atoms with Crippen LogP contribution in [0.3, 0.4) is 0 Å². The maximum atomic E-state index is 13.8. The van der Waals surface area contributed by atoms with Crippen LogP contribution >= 0.6 is 11.6 Å². The van der Waals surface area contributed by atoms with Gasteiger partial charge >= 0.3 is 12.0 Å². The summed E-state index contributed by atoms with van der Waals surface area (Å²) >= 11 is 6.06. The average Bonchev–Trinajstić information content (AvgIpc) is 3.52. The van der Waals surface area contributed by atoms with Gasteiger partial charge in [0.2, 0.25) is 12.7 Å². The monoisotopic (exact) mass is 635 g/mol. The number of methoxy groups -OCH3 is 2. The van der Waals surface area contributed by atoms with Crippen molar-refractivity contribution in [2.75, 3.05) is 40.7 Å². The van der Waals surface area contributed by atoms with Crippen LogP contribution in [0.15, 0.2) is 71.9 Å². The fourth-order valence-electron chi connectivity index (χ4n) is 5.21. The first-order chi connectivity index (χ1) is 21.8. The van der Waals surface area contributed by atoms with Crippen LogP contribution in [0.2, 0.25) is 5.02 Å². The molecule has 0 saturated heterocycles. The Morgan fingerprint density at radius 3 is 2.42 bits per heavy atom. The first-order valence-corrected chi connectivity index (χ1v) is 14.8. The number of amides is 3. The van der Waals surface area contributed by atoms with Gasteiger partial charge in [0.25, 0.3) is 0 Å². The number of ether oxygens (including phenoxy) is 5. The van der Waals surface area contributed by atoms with Gasteiger partial charge in [0.15, 0.2) is 23.0 Å². The van der Waals surface area contributed by atoms with E-state index in [0.29, 0.717) is 40.0 Å². The van der Waals surface area contributed by atoms with E-state index >= 15 is 0 Å². The molecule has 1 atom stereocenters. The first-order valence-electron chi connectivity index (χ1n) is 14.4. The van der Waals surface area contributed by atoms with Crippen LogP contribution in [-0.2, 0) is 27.2 Å². The number of esters is 1. The lowest BCUT2D eigenvalue weighted by Gasteiger charge is -2.32. The predicted molar refractivity (Wildman–Crippen MR) is 166 cm³/mol. The van der Waals surface area contributed by atoms with Gasteiger partial charge in [-0.25, -0.2) is 9.59 Å². The van der Waals surface area contributed by atoms with Gasteiger partial charge in [0.05, 0.1) is 51.1 Å². The fraction of sp³-hybridized carbons (Fsp3) is 0.303. The van der Waals surface area contributed by atoms with E-state index in [1.165, 1.54) is 0 Å². The van der Waals surface area contributed by atoms with Crippen LogP contribution in [0.4, 0.5) is 4.79 Å². The third kappa shape index (κ3) is 7.43. The molecule has 0 aromatic heterocycles. The van der Waals surface area contributed by atoms with Gasteiger partial charge in [-0.1, -0.05) is 35.9 Å². The maximum Gasteiger partial charge on any atom is 0.338 e. The van der Waals surface area contributed by atoms with Gasteiger partial charge in [-0.05, 0) is 66.4 Å². The van der Waals surface area contributed by atoms with E-state index in [9.17, 15) is 14.4 Å². The minimum absolute atomic E-state index is 0.0532. The summed E-state index contributed by atoms with van der Waals surface area (Å²) in [6.07, 6.45) is 0.551. The van der Waals surface area contributed by atoms with Gasteiger partial charge < -0.3 is 39.2 Å². The normalized spacial score (nSPS) is 15.2. The van der Waals surface area contributed by atoms with Gasteiger partial charge in [-0.2, -0.15) is 0 Å². The lowest BCUT2D eigenvalue weighted by molar-refractivity contribution is -0.139. The van der Waals surface area contributed by atoms with Crippen LogP contribution < -0.4 is 29.6 Å². The molecule has 11 nitrogen and oxygen atoms in total. The Morgan fingerprint density at radius 2 is 1.69 bits per heavy atom. The van der Waals surface area contributed by atoms with Gasteiger partial charge in [0, 0.05) is 11.6 Å². The van der Waals surface area contributed by atoms with Crippen LogP contribution in [-0.4, -0.2) is 63.5 Å². The number of hydrogen-bond donors (Lipinski definition) is 2. The van der Waals surface area contributed by atoms with E-state index in [2.05, 4.69) is 10.6 Å². The number of halogens is 1. The molecular formula is C33H34ClN3O8. The first kappa shape index (κ1) is 31.5. The largest absolute Gasteiger partial charge is 0.493 e. The van der Waals surface area contributed by atoms with Gasteiger partial charge in [-0.15, -0.1) is 0 Å². The number of nitrogens with zero attached hydrogens (tertiary/aromatic N) is 1. The molecule has 2 aliphatic rings. The summed E-state index contributed by atoms with van der Waals surface area (Å²) in [5.41, 5.74) is 2.72. The van der Waals surface area contributed by atoms with E-state index < -0.39 is 18.0 Å². The number of fused-ring (bicyclic) bond motifs is 1. The van der Waals surface area contributed by atoms with Crippen molar-refractivity contribution >= 4 is 29.5 Å². The zero-order valence-corrected chi connectivity index (χ0v) is 25.9. The Balaban J connectivity index is 1.49. The Morgan fingerprint density at radius 1 is 0.956 bits per heavy atom. The Hall–Kier alpha value is -4.90. The third-order valence-corrected chi connectivity index (χ3v) is 7.72. The molecule has 0 radical (unpaired) electrons. The molecule has 0 spiro atoms. The fourth-order valence-corrected chi connectivity index (χ4v) is 5.33. The van der Waals surface area contributed by atoms with Crippen molar-refractivity contribution < 1.29 is 38.1 Å². The van der Waals surface area contributed by atoms with Crippen LogP contribution in [0.1, 0.15) is 29.7 Å². The number of carbonyl (C=O) groups excluding carboxylic acids is 3. The molecule has 0 fully saturated rings. The molecule has 3 aromatic carbocycles. The molecule has 5 rings (SSSR count). The molecule has 3 amide bonds. The summed E-state index contributed by atoms with van der Waals surface area (Å²) in [6, 6.07) is 16.4. The summed E-state index contributed by atoms with van der Waals surface area (Å²) in [5.74, 6) is 1.40. The lowest BCUT2D eigenvalue weighted by Crippen LogP contribution is -2.49. The van der Waals surface area contributed by atoms with Crippen molar-refractivity contribution in [1.29, 1.82) is 0 Å². The zero-order valence-electron chi connectivity index (χ0n) is 25.2. The van der Waals surface area contributed by atoms with E-state index in [1.54, 1.807) is 74.6 Å². The summed E-state index contributed by atoms with van der Waals surface area (Å²) < 4.78 is 27.2. The molecule has 3 aromatic rings. The number of hydrogen-bond acceptors (Lipinski definition) is 8. The van der Waals surface area contributed by atoms with Crippen molar-refractivity contribution in [3.05, 3.63) is 93.6 Å². The number of nitrogens with one attached hydrogen (secondary N) is 2. The Bertz CT molecular complexity index is 1610. The van der Waals surface area contributed by atoms with Crippen molar-refractivity contribution in [3.8, 4) is 23.0 Å². The second-order valence-electron chi connectivity index (χ2n) is 10.3. The molecule has 236 valence electrons. The Kier molecular flexibility index (Phi) is 9.99. The minimum atomic E-state index is -0.860. The van der Waals surface area contributed by atoms with E-state index in [4.69, 9.17) is 35.3 Å². The smallest absolute Gasteiger partial charge is 0.338 e. The third-order valence-electron chi connectivity index (χ3n) is 7.47. The van der Waals surface area contributed by atoms with Crippen molar-refractivity contribution in [1.82, 2.24) is 15.5 Å². The van der Waals surface area contributed by atoms with Gasteiger partial charge in [-0.3, -0.25) is 4.79 Å². The van der Waals surface area contributed by atoms with Gasteiger partial charge in [0.1, 0.15) is 0 Å². The SMILES string of the molecule is CCOC(=O)C1=C(CN(CCc2ccc(OC)c(OC)c2)C(=O)Cc2ccc(Cl)cc2)NC(=O)N[C@H]1c1ccc2c(c1)OCO2. The highest BCUT2D eigenvalue weighted by Crippen LogP contribution is 2.37. The highest BCUT2D eigenvalue weighted by Gasteiger charge is 2.35. The molecule has 0 saturated carbocycles. The van der Waals surface area contributed by atoms with Crippen molar-refractivity contribution in [2.24, 2.45) is 0 Å². The molecule has 2 heterocycles. The molecule has 0 unspecified atom stereocenters. The van der Waals surface area contributed by atoms with Crippen LogP contribution in [0.25, 0.3) is 0 Å². The molecule has 2 N–H and O–H groups in total. The molecule has 2 aliphatic heterocycles. The second-order valence-corrected chi connectivity index (χ2v) is 10.8. The van der Waals surface area contributed by atoms with Crippen molar-refractivity contribution in [2.45, 2.75) is 25.8 Å². The van der Waals surface area contributed by atoms with E-state index in [-0.39, 0.29) is 50.1 Å². The van der Waals surface area contributed by atoms with E-state index in [1.807, 2.05) is 12.1 Å². The number of carbonyl (C=O) groups is 3. The predicted octanol–water partition coefficient (Wildman–Crippen LogP) is 4.57. The quantitative estimate of drug-likeness (QED) is 0.277. The highest BCUT2D eigenvalue weighted by molar-refractivity contribution is 6.30. The zero-order chi connectivity index (χ0) is 31.9. The van der Waals surface area contributed by atoms with Crippen LogP contribution in [0, 0.1) is 0 Å². The molecular weight excluding hydrogens is 602 g/mol. The molecule has 12 heteroatoms. The average molecular weight is 636 g/mol. The van der Waals surface area contributed by atoms with E-state index in [0.717, 1.165) is 11.1 Å². The second kappa shape index (κ2) is 14.3. The van der Waals surface area contributed by atoms with Crippen molar-refractivity contribution in [3.63, 3.8) is 0 Å². The topological polar surface area (TPSA) is 125 Å².